The lowest BCUT2D eigenvalue weighted by molar-refractivity contribution is -0.320. The highest BCUT2D eigenvalue weighted by Crippen LogP contribution is 2.45. The average Bonchev–Trinajstić information content (AvgIpc) is 3.43. The number of ether oxygens (including phenoxy) is 9. The van der Waals surface area contributed by atoms with E-state index >= 15 is 0 Å². The lowest BCUT2D eigenvalue weighted by Crippen LogP contribution is -2.62. The van der Waals surface area contributed by atoms with Crippen molar-refractivity contribution in [2.45, 2.75) is 186 Å². The lowest BCUT2D eigenvalue weighted by Gasteiger charge is -2.50. The van der Waals surface area contributed by atoms with Crippen LogP contribution in [-0.2, 0) is 57.0 Å². The normalized spacial score (nSPS) is 44.4. The number of hydrogen-bond acceptors (Lipinski definition) is 16. The fourth-order valence-corrected chi connectivity index (χ4v) is 10.5. The van der Waals surface area contributed by atoms with Gasteiger partial charge in [0.2, 0.25) is 0 Å². The Hall–Kier alpha value is -2.48. The molecule has 4 saturated heterocycles. The van der Waals surface area contributed by atoms with Crippen LogP contribution >= 0.6 is 0 Å². The first-order valence-corrected chi connectivity index (χ1v) is 21.9. The minimum atomic E-state index is -1.41. The van der Waals surface area contributed by atoms with Gasteiger partial charge in [-0.15, -0.1) is 0 Å². The van der Waals surface area contributed by atoms with Gasteiger partial charge in [0.15, 0.2) is 24.3 Å². The van der Waals surface area contributed by atoms with Gasteiger partial charge >= 0.3 is 18.0 Å². The molecule has 61 heavy (non-hydrogen) atoms. The third-order valence-electron chi connectivity index (χ3n) is 13.8. The molecule has 0 aromatic carbocycles. The first-order valence-electron chi connectivity index (χ1n) is 21.9. The Morgan fingerprint density at radius 2 is 1.49 bits per heavy atom. The standard InChI is InChI=1S/C44H77N3O14/c1-18-31-44(11)36(47(22-45(12)13)41(52)61-44)25(4)33(49)23(2)20-42(9,53-16)37(60-40-34(50)30(46(14)15)19-24(3)55-40)26(5)35(27(6)39(51)58-31)59-32-21-43(10,54-17)38(28(7)56-32)57-29(8)48/h23-28,30-32,34-38,40,50H,18-22H2,1-17H3. The molecular formula is C44H77N3O14. The van der Waals surface area contributed by atoms with Gasteiger partial charge in [0.1, 0.15) is 23.6 Å². The van der Waals surface area contributed by atoms with Crippen molar-refractivity contribution in [3.05, 3.63) is 0 Å². The highest BCUT2D eigenvalue weighted by molar-refractivity contribution is 5.85. The number of rotatable bonds is 11. The van der Waals surface area contributed by atoms with Crippen LogP contribution in [0.1, 0.15) is 102 Å². The molecule has 0 bridgehead atoms. The third-order valence-corrected chi connectivity index (χ3v) is 13.8. The molecule has 0 aromatic rings. The smallest absolute Gasteiger partial charge is 0.411 e. The Balaban J connectivity index is 1.91. The predicted molar refractivity (Wildman–Crippen MR) is 223 cm³/mol. The number of esters is 2. The van der Waals surface area contributed by atoms with Crippen molar-refractivity contribution in [2.24, 2.45) is 23.7 Å². The van der Waals surface area contributed by atoms with Crippen molar-refractivity contribution in [1.82, 2.24) is 14.7 Å². The molecule has 352 valence electrons. The number of amides is 1. The van der Waals surface area contributed by atoms with E-state index < -0.39 is 114 Å². The summed E-state index contributed by atoms with van der Waals surface area (Å²) in [5.74, 6) is -4.41. The van der Waals surface area contributed by atoms with E-state index in [-0.39, 0.29) is 43.9 Å². The minimum Gasteiger partial charge on any atom is -0.458 e. The van der Waals surface area contributed by atoms with Gasteiger partial charge in [-0.05, 0) is 89.0 Å². The molecule has 17 heteroatoms. The van der Waals surface area contributed by atoms with E-state index in [0.717, 1.165) is 0 Å². The first-order chi connectivity index (χ1) is 28.3. The van der Waals surface area contributed by atoms with Crippen LogP contribution in [0.4, 0.5) is 4.79 Å². The Bertz CT molecular complexity index is 1540. The highest BCUT2D eigenvalue weighted by Gasteiger charge is 2.61. The number of aliphatic hydroxyl groups is 1. The van der Waals surface area contributed by atoms with Crippen molar-refractivity contribution >= 4 is 23.8 Å². The van der Waals surface area contributed by atoms with Crippen LogP contribution in [0.25, 0.3) is 0 Å². The zero-order valence-corrected chi connectivity index (χ0v) is 39.8. The lowest BCUT2D eigenvalue weighted by atomic mass is 9.73. The molecule has 4 aliphatic rings. The number of cyclic esters (lactones) is 1. The van der Waals surface area contributed by atoms with E-state index in [0.29, 0.717) is 6.42 Å². The van der Waals surface area contributed by atoms with Crippen LogP contribution in [0.15, 0.2) is 0 Å². The molecule has 0 aliphatic carbocycles. The summed E-state index contributed by atoms with van der Waals surface area (Å²) in [7, 11) is 10.5. The van der Waals surface area contributed by atoms with Crippen LogP contribution in [0.5, 0.6) is 0 Å². The zero-order chi connectivity index (χ0) is 46.1. The summed E-state index contributed by atoms with van der Waals surface area (Å²) in [6, 6.07) is -1.10. The summed E-state index contributed by atoms with van der Waals surface area (Å²) >= 11 is 0. The molecule has 1 N–H and O–H groups in total. The number of hydrogen-bond donors (Lipinski definition) is 1. The number of aliphatic hydroxyl groups excluding tert-OH is 1. The van der Waals surface area contributed by atoms with Gasteiger partial charge in [-0.2, -0.15) is 0 Å². The van der Waals surface area contributed by atoms with Crippen molar-refractivity contribution in [2.75, 3.05) is 49.1 Å². The second kappa shape index (κ2) is 20.1. The van der Waals surface area contributed by atoms with Crippen molar-refractivity contribution < 1.29 is 66.9 Å². The Morgan fingerprint density at radius 3 is 2.03 bits per heavy atom. The average molecular weight is 872 g/mol. The molecule has 17 nitrogen and oxygen atoms in total. The molecule has 4 aliphatic heterocycles. The zero-order valence-electron chi connectivity index (χ0n) is 39.8. The maximum absolute atomic E-state index is 14.8. The van der Waals surface area contributed by atoms with Gasteiger partial charge in [0, 0.05) is 51.4 Å². The fourth-order valence-electron chi connectivity index (χ4n) is 10.5. The van der Waals surface area contributed by atoms with Gasteiger partial charge in [-0.1, -0.05) is 27.7 Å². The second-order valence-corrected chi connectivity index (χ2v) is 19.2. The molecule has 0 spiro atoms. The van der Waals surface area contributed by atoms with Crippen LogP contribution < -0.4 is 0 Å². The van der Waals surface area contributed by atoms with E-state index in [1.165, 1.54) is 18.9 Å². The number of carbonyl (C=O) groups excluding carboxylic acids is 4. The maximum Gasteiger partial charge on any atom is 0.411 e. The van der Waals surface area contributed by atoms with Crippen LogP contribution in [0.3, 0.4) is 0 Å². The van der Waals surface area contributed by atoms with E-state index in [1.807, 2.05) is 79.5 Å². The quantitative estimate of drug-likeness (QED) is 0.232. The number of methoxy groups -OCH3 is 2. The molecule has 0 aromatic heterocycles. The SMILES string of the molecule is CCC1OC(=O)C(C)C(OC2CC(C)(OC)C(OC(C)=O)C(C)O2)C(C)C(OC2OC(C)CC(N(C)C)C2O)C(C)(OC)CC(C)C(=O)C(C)C2N(CN(C)C)C(=O)OC12C. The van der Waals surface area contributed by atoms with Gasteiger partial charge in [0.05, 0.1) is 48.6 Å². The molecule has 1 amide bonds. The molecule has 4 fully saturated rings. The van der Waals surface area contributed by atoms with Crippen molar-refractivity contribution in [3.8, 4) is 0 Å². The van der Waals surface area contributed by atoms with Gasteiger partial charge in [-0.25, -0.2) is 4.79 Å². The van der Waals surface area contributed by atoms with Crippen LogP contribution in [0, 0.1) is 23.7 Å². The first kappa shape index (κ1) is 51.2. The van der Waals surface area contributed by atoms with E-state index in [1.54, 1.807) is 34.8 Å². The molecule has 18 atom stereocenters. The van der Waals surface area contributed by atoms with E-state index in [9.17, 15) is 24.3 Å². The number of fused-ring (bicyclic) bond motifs is 1. The fraction of sp³-hybridized carbons (Fsp3) is 0.909. The summed E-state index contributed by atoms with van der Waals surface area (Å²) < 4.78 is 57.3. The monoisotopic (exact) mass is 872 g/mol. The Morgan fingerprint density at radius 1 is 0.885 bits per heavy atom. The maximum atomic E-state index is 14.8. The molecule has 0 saturated carbocycles. The van der Waals surface area contributed by atoms with E-state index in [2.05, 4.69) is 0 Å². The number of carbonyl (C=O) groups is 4. The number of Topliss-reactive ketones (excluding diaryl/α,β-unsaturated/α-hetero) is 1. The van der Waals surface area contributed by atoms with Gasteiger partial charge in [-0.3, -0.25) is 24.2 Å². The summed E-state index contributed by atoms with van der Waals surface area (Å²) in [6.45, 7) is 19.6. The van der Waals surface area contributed by atoms with Gasteiger partial charge < -0.3 is 52.6 Å². The molecule has 18 unspecified atom stereocenters. The summed E-state index contributed by atoms with van der Waals surface area (Å²) in [6.07, 6.45) is -7.33. The summed E-state index contributed by atoms with van der Waals surface area (Å²) in [5, 5.41) is 11.8. The molecular weight excluding hydrogens is 794 g/mol. The van der Waals surface area contributed by atoms with Gasteiger partial charge in [0.25, 0.3) is 0 Å². The molecule has 4 heterocycles. The van der Waals surface area contributed by atoms with E-state index in [4.69, 9.17) is 42.6 Å². The summed E-state index contributed by atoms with van der Waals surface area (Å²) in [5.41, 5.74) is -3.70. The minimum absolute atomic E-state index is 0.120. The molecule has 0 radical (unpaired) electrons. The summed E-state index contributed by atoms with van der Waals surface area (Å²) in [4.78, 5) is 60.8. The second-order valence-electron chi connectivity index (χ2n) is 19.2. The van der Waals surface area contributed by atoms with Crippen molar-refractivity contribution in [3.63, 3.8) is 0 Å². The molecule has 4 rings (SSSR count). The largest absolute Gasteiger partial charge is 0.458 e. The third kappa shape index (κ3) is 10.7. The van der Waals surface area contributed by atoms with Crippen LogP contribution in [-0.4, -0.2) is 177 Å². The Labute approximate surface area is 363 Å². The predicted octanol–water partition coefficient (Wildman–Crippen LogP) is 4.00. The Kier molecular flexibility index (Phi) is 16.9. The highest BCUT2D eigenvalue weighted by atomic mass is 16.7. The number of ketones is 1. The number of nitrogens with zero attached hydrogens (tertiary/aromatic N) is 3. The number of likely N-dealkylation sites (N-methyl/N-ethyl adjacent to an activating group) is 1. The van der Waals surface area contributed by atoms with Crippen molar-refractivity contribution in [1.29, 1.82) is 0 Å². The van der Waals surface area contributed by atoms with Crippen LogP contribution in [0.2, 0.25) is 0 Å². The topological polar surface area (TPSA) is 181 Å².